The highest BCUT2D eigenvalue weighted by Crippen LogP contribution is 2.20. The maximum atomic E-state index is 12.3. The van der Waals surface area contributed by atoms with Crippen LogP contribution < -0.4 is 10.5 Å². The Labute approximate surface area is 158 Å². The summed E-state index contributed by atoms with van der Waals surface area (Å²) in [7, 11) is -3.69. The third-order valence-corrected chi connectivity index (χ3v) is 6.94. The molecular formula is C18H23N3O3S2. The van der Waals surface area contributed by atoms with Gasteiger partial charge >= 0.3 is 0 Å². The third-order valence-electron chi connectivity index (χ3n) is 4.41. The van der Waals surface area contributed by atoms with Gasteiger partial charge in [-0.1, -0.05) is 18.6 Å². The lowest BCUT2D eigenvalue weighted by atomic mass is 10.1. The molecule has 0 saturated carbocycles. The molecule has 0 spiro atoms. The van der Waals surface area contributed by atoms with Gasteiger partial charge in [0.1, 0.15) is 4.21 Å². The summed E-state index contributed by atoms with van der Waals surface area (Å²) >= 11 is 1.07. The van der Waals surface area contributed by atoms with E-state index in [0.717, 1.165) is 35.8 Å². The molecule has 6 nitrogen and oxygen atoms in total. The fraction of sp³-hybridized carbons (Fsp3) is 0.389. The average molecular weight is 394 g/mol. The molecular weight excluding hydrogens is 370 g/mol. The highest BCUT2D eigenvalue weighted by atomic mass is 32.2. The first-order valence-electron chi connectivity index (χ1n) is 8.63. The second-order valence-corrected chi connectivity index (χ2v) is 9.44. The van der Waals surface area contributed by atoms with Crippen LogP contribution in [0.2, 0.25) is 0 Å². The molecule has 1 aromatic carbocycles. The monoisotopic (exact) mass is 393 g/mol. The summed E-state index contributed by atoms with van der Waals surface area (Å²) in [4.78, 5) is 15.4. The zero-order valence-electron chi connectivity index (χ0n) is 14.5. The van der Waals surface area contributed by atoms with E-state index in [1.807, 2.05) is 24.3 Å². The molecule has 0 atom stereocenters. The first-order chi connectivity index (χ1) is 12.4. The largest absolute Gasteiger partial charge is 0.347 e. The summed E-state index contributed by atoms with van der Waals surface area (Å²) in [6.07, 6.45) is 3.84. The van der Waals surface area contributed by atoms with E-state index in [9.17, 15) is 13.2 Å². The first kappa shape index (κ1) is 19.0. The van der Waals surface area contributed by atoms with Crippen LogP contribution in [-0.4, -0.2) is 32.3 Å². The van der Waals surface area contributed by atoms with Crippen molar-refractivity contribution in [1.82, 2.24) is 10.2 Å². The molecule has 26 heavy (non-hydrogen) atoms. The topological polar surface area (TPSA) is 92.5 Å². The number of amides is 1. The second kappa shape index (κ2) is 8.30. The van der Waals surface area contributed by atoms with Crippen LogP contribution in [0, 0.1) is 0 Å². The van der Waals surface area contributed by atoms with Gasteiger partial charge in [-0.2, -0.15) is 0 Å². The van der Waals surface area contributed by atoms with Crippen molar-refractivity contribution < 1.29 is 13.2 Å². The predicted octanol–water partition coefficient (Wildman–Crippen LogP) is 2.31. The highest BCUT2D eigenvalue weighted by Gasteiger charge is 2.13. The van der Waals surface area contributed by atoms with Gasteiger partial charge in [0, 0.05) is 17.0 Å². The van der Waals surface area contributed by atoms with Crippen LogP contribution >= 0.6 is 11.3 Å². The van der Waals surface area contributed by atoms with Crippen LogP contribution in [-0.2, 0) is 23.1 Å². The molecule has 1 aromatic heterocycles. The van der Waals surface area contributed by atoms with Crippen molar-refractivity contribution in [2.45, 2.75) is 36.6 Å². The fourth-order valence-electron chi connectivity index (χ4n) is 3.01. The molecule has 0 radical (unpaired) electrons. The Kier molecular flexibility index (Phi) is 6.08. The van der Waals surface area contributed by atoms with E-state index in [0.29, 0.717) is 5.56 Å². The predicted molar refractivity (Wildman–Crippen MR) is 102 cm³/mol. The zero-order chi connectivity index (χ0) is 18.6. The molecule has 8 heteroatoms. The van der Waals surface area contributed by atoms with Crippen molar-refractivity contribution in [1.29, 1.82) is 0 Å². The second-order valence-electron chi connectivity index (χ2n) is 6.48. The van der Waals surface area contributed by atoms with Gasteiger partial charge in [-0.15, -0.1) is 11.3 Å². The molecule has 2 aromatic rings. The molecule has 2 heterocycles. The van der Waals surface area contributed by atoms with E-state index in [1.165, 1.54) is 30.9 Å². The average Bonchev–Trinajstić information content (AvgIpc) is 3.11. The number of benzene rings is 1. The quantitative estimate of drug-likeness (QED) is 0.788. The van der Waals surface area contributed by atoms with Crippen LogP contribution in [0.25, 0.3) is 0 Å². The number of carbonyl (C=O) groups is 1. The van der Waals surface area contributed by atoms with Crippen molar-refractivity contribution in [3.63, 3.8) is 0 Å². The fourth-order valence-corrected chi connectivity index (χ4v) is 4.73. The number of thiophene rings is 1. The molecule has 3 rings (SSSR count). The van der Waals surface area contributed by atoms with Gasteiger partial charge < -0.3 is 5.32 Å². The van der Waals surface area contributed by atoms with E-state index in [-0.39, 0.29) is 16.7 Å². The number of nitrogens with two attached hydrogens (primary N) is 1. The smallest absolute Gasteiger partial charge is 0.251 e. The van der Waals surface area contributed by atoms with Crippen LogP contribution in [0.5, 0.6) is 0 Å². The maximum absolute atomic E-state index is 12.3. The summed E-state index contributed by atoms with van der Waals surface area (Å²) in [6.45, 7) is 3.48. The van der Waals surface area contributed by atoms with Crippen LogP contribution in [0.15, 0.2) is 40.6 Å². The van der Waals surface area contributed by atoms with Crippen molar-refractivity contribution in [2.75, 3.05) is 13.1 Å². The number of carbonyl (C=O) groups excluding carboxylic acids is 1. The van der Waals surface area contributed by atoms with Gasteiger partial charge in [0.2, 0.25) is 10.0 Å². The number of primary sulfonamides is 1. The molecule has 0 bridgehead atoms. The third kappa shape index (κ3) is 5.14. The number of sulfonamides is 1. The summed E-state index contributed by atoms with van der Waals surface area (Å²) in [5.41, 5.74) is 1.80. The Morgan fingerprint density at radius 3 is 2.38 bits per heavy atom. The van der Waals surface area contributed by atoms with E-state index < -0.39 is 10.0 Å². The van der Waals surface area contributed by atoms with Gasteiger partial charge in [0.15, 0.2) is 0 Å². The van der Waals surface area contributed by atoms with Crippen molar-refractivity contribution in [3.05, 3.63) is 52.4 Å². The van der Waals surface area contributed by atoms with Crippen LogP contribution in [0.3, 0.4) is 0 Å². The summed E-state index contributed by atoms with van der Waals surface area (Å²) in [6, 6.07) is 10.8. The standard InChI is InChI=1S/C18H23N3O3S2/c19-26(23,24)17-9-8-16(25-17)12-20-18(22)15-6-4-14(5-7-15)13-21-10-2-1-3-11-21/h4-9H,1-3,10-13H2,(H,20,22)(H2,19,23,24). The van der Waals surface area contributed by atoms with E-state index in [4.69, 9.17) is 5.14 Å². The summed E-state index contributed by atoms with van der Waals surface area (Å²) in [5, 5.41) is 7.90. The molecule has 1 aliphatic heterocycles. The van der Waals surface area contributed by atoms with E-state index in [2.05, 4.69) is 10.2 Å². The zero-order valence-corrected chi connectivity index (χ0v) is 16.1. The van der Waals surface area contributed by atoms with Gasteiger partial charge in [0.05, 0.1) is 6.54 Å². The summed E-state index contributed by atoms with van der Waals surface area (Å²) in [5.74, 6) is -0.180. The maximum Gasteiger partial charge on any atom is 0.251 e. The minimum absolute atomic E-state index is 0.101. The lowest BCUT2D eigenvalue weighted by Crippen LogP contribution is -2.29. The van der Waals surface area contributed by atoms with Crippen LogP contribution in [0.4, 0.5) is 0 Å². The molecule has 1 saturated heterocycles. The van der Waals surface area contributed by atoms with Crippen LogP contribution in [0.1, 0.15) is 40.1 Å². The van der Waals surface area contributed by atoms with Crippen molar-refractivity contribution in [3.8, 4) is 0 Å². The first-order valence-corrected chi connectivity index (χ1v) is 11.0. The number of likely N-dealkylation sites (tertiary alicyclic amines) is 1. The molecule has 1 amide bonds. The number of piperidine rings is 1. The molecule has 1 aliphatic rings. The molecule has 3 N–H and O–H groups in total. The number of hydrogen-bond donors (Lipinski definition) is 2. The Morgan fingerprint density at radius 1 is 1.08 bits per heavy atom. The van der Waals surface area contributed by atoms with Gasteiger partial charge in [-0.3, -0.25) is 9.69 Å². The molecule has 0 aliphatic carbocycles. The highest BCUT2D eigenvalue weighted by molar-refractivity contribution is 7.91. The SMILES string of the molecule is NS(=O)(=O)c1ccc(CNC(=O)c2ccc(CN3CCCCC3)cc2)s1. The number of nitrogens with one attached hydrogen (secondary N) is 1. The van der Waals surface area contributed by atoms with E-state index >= 15 is 0 Å². The minimum Gasteiger partial charge on any atom is -0.347 e. The molecule has 1 fully saturated rings. The molecule has 140 valence electrons. The van der Waals surface area contributed by atoms with Crippen molar-refractivity contribution >= 4 is 27.3 Å². The van der Waals surface area contributed by atoms with Gasteiger partial charge in [-0.05, 0) is 55.8 Å². The van der Waals surface area contributed by atoms with Gasteiger partial charge in [0.25, 0.3) is 5.91 Å². The van der Waals surface area contributed by atoms with Gasteiger partial charge in [-0.25, -0.2) is 13.6 Å². The number of nitrogens with zero attached hydrogens (tertiary/aromatic N) is 1. The lowest BCUT2D eigenvalue weighted by molar-refractivity contribution is 0.0951. The Morgan fingerprint density at radius 2 is 1.77 bits per heavy atom. The van der Waals surface area contributed by atoms with Crippen molar-refractivity contribution in [2.24, 2.45) is 5.14 Å². The Bertz CT molecular complexity index is 854. The molecule has 0 unspecified atom stereocenters. The Hall–Kier alpha value is -1.74. The number of hydrogen-bond acceptors (Lipinski definition) is 5. The lowest BCUT2D eigenvalue weighted by Gasteiger charge is -2.26. The summed E-state index contributed by atoms with van der Waals surface area (Å²) < 4.78 is 22.7. The Balaban J connectivity index is 1.53. The van der Waals surface area contributed by atoms with E-state index in [1.54, 1.807) is 6.07 Å². The normalized spacial score (nSPS) is 15.7. The minimum atomic E-state index is -3.69. The number of rotatable bonds is 6.